The van der Waals surface area contributed by atoms with Gasteiger partial charge in [0.2, 0.25) is 6.10 Å². The van der Waals surface area contributed by atoms with Gasteiger partial charge in [0.05, 0.1) is 37.4 Å². The van der Waals surface area contributed by atoms with Crippen LogP contribution in [-0.4, -0.2) is 49.0 Å². The van der Waals surface area contributed by atoms with E-state index in [4.69, 9.17) is 23.4 Å². The monoisotopic (exact) mass is 570 g/mol. The lowest BCUT2D eigenvalue weighted by atomic mass is 9.41. The summed E-state index contributed by atoms with van der Waals surface area (Å²) >= 11 is 0. The topological polar surface area (TPSA) is 135 Å². The molecular weight excluding hydrogens is 532 g/mol. The minimum absolute atomic E-state index is 0.136. The van der Waals surface area contributed by atoms with E-state index in [2.05, 4.69) is 6.92 Å². The molecular formula is C31H38O10. The van der Waals surface area contributed by atoms with Gasteiger partial charge in [-0.1, -0.05) is 31.9 Å². The number of Topliss-reactive ketones (excluding diaryl/α,β-unsaturated/α-hetero) is 1. The van der Waals surface area contributed by atoms with Gasteiger partial charge in [-0.25, -0.2) is 4.79 Å². The summed E-state index contributed by atoms with van der Waals surface area (Å²) in [6.07, 6.45) is 1.86. The molecule has 4 aliphatic rings. The normalized spacial score (nSPS) is 36.3. The van der Waals surface area contributed by atoms with E-state index in [1.165, 1.54) is 21.0 Å². The quantitative estimate of drug-likeness (QED) is 0.287. The van der Waals surface area contributed by atoms with Crippen LogP contribution in [0.3, 0.4) is 0 Å². The lowest BCUT2D eigenvalue weighted by molar-refractivity contribution is -0.207. The molecule has 0 amide bonds. The molecule has 3 aliphatic carbocycles. The van der Waals surface area contributed by atoms with Gasteiger partial charge in [-0.05, 0) is 38.2 Å². The van der Waals surface area contributed by atoms with Crippen LogP contribution < -0.4 is 0 Å². The third-order valence-corrected chi connectivity index (χ3v) is 10.3. The van der Waals surface area contributed by atoms with E-state index in [9.17, 15) is 24.0 Å². The van der Waals surface area contributed by atoms with Crippen LogP contribution in [0, 0.1) is 34.0 Å². The maximum absolute atomic E-state index is 14.5. The van der Waals surface area contributed by atoms with Crippen molar-refractivity contribution in [2.75, 3.05) is 7.11 Å². The number of fused-ring (bicyclic) bond motifs is 5. The second kappa shape index (κ2) is 9.84. The SMILES string of the molecule is COC(=O)[C@H](OC(C)=O)[C@H]1C(C)(C)[C@H](OC(C)=O)[C@H]2CC3=C(CC[C@]4(C)[C@H]3CC(=O)O[C@H]4c3ccoc3)[C@]1(C)C2=O. The number of cyclic esters (lactones) is 1. The highest BCUT2D eigenvalue weighted by Crippen LogP contribution is 2.68. The van der Waals surface area contributed by atoms with Crippen molar-refractivity contribution in [3.05, 3.63) is 35.3 Å². The first-order chi connectivity index (χ1) is 19.2. The second-order valence-corrected chi connectivity index (χ2v) is 13.0. The molecule has 2 fully saturated rings. The van der Waals surface area contributed by atoms with Crippen molar-refractivity contribution in [2.24, 2.45) is 34.0 Å². The Labute approximate surface area is 239 Å². The van der Waals surface area contributed by atoms with Crippen LogP contribution in [0.4, 0.5) is 0 Å². The summed E-state index contributed by atoms with van der Waals surface area (Å²) in [6, 6.07) is 1.80. The Morgan fingerprint density at radius 2 is 1.76 bits per heavy atom. The number of ketones is 1. The van der Waals surface area contributed by atoms with Crippen LogP contribution in [-0.2, 0) is 42.9 Å². The molecule has 10 heteroatoms. The van der Waals surface area contributed by atoms with Crippen molar-refractivity contribution in [3.8, 4) is 0 Å². The summed E-state index contributed by atoms with van der Waals surface area (Å²) in [5.74, 6) is -4.44. The molecule has 0 aromatic carbocycles. The van der Waals surface area contributed by atoms with Crippen LogP contribution in [0.15, 0.2) is 34.2 Å². The molecule has 222 valence electrons. The van der Waals surface area contributed by atoms with Crippen LogP contribution in [0.1, 0.15) is 78.9 Å². The minimum atomic E-state index is -1.42. The first kappa shape index (κ1) is 29.1. The number of hydrogen-bond acceptors (Lipinski definition) is 10. The largest absolute Gasteiger partial charge is 0.472 e. The van der Waals surface area contributed by atoms with Crippen LogP contribution in [0.2, 0.25) is 0 Å². The van der Waals surface area contributed by atoms with Crippen LogP contribution >= 0.6 is 0 Å². The van der Waals surface area contributed by atoms with Crippen molar-refractivity contribution in [2.45, 2.75) is 85.5 Å². The predicted molar refractivity (Wildman–Crippen MR) is 142 cm³/mol. The molecule has 1 aromatic heterocycles. The summed E-state index contributed by atoms with van der Waals surface area (Å²) in [4.78, 5) is 65.4. The van der Waals surface area contributed by atoms with Gasteiger partial charge in [0.1, 0.15) is 18.0 Å². The number of carbonyl (C=O) groups is 5. The van der Waals surface area contributed by atoms with E-state index >= 15 is 0 Å². The number of ether oxygens (including phenoxy) is 4. The Morgan fingerprint density at radius 3 is 2.34 bits per heavy atom. The lowest BCUT2D eigenvalue weighted by Gasteiger charge is -2.62. The molecule has 0 spiro atoms. The number of methoxy groups -OCH3 is 1. The first-order valence-electron chi connectivity index (χ1n) is 14.1. The molecule has 1 saturated carbocycles. The van der Waals surface area contributed by atoms with Gasteiger partial charge in [0, 0.05) is 36.2 Å². The minimum Gasteiger partial charge on any atom is -0.472 e. The zero-order valence-electron chi connectivity index (χ0n) is 24.6. The highest BCUT2D eigenvalue weighted by atomic mass is 16.6. The van der Waals surface area contributed by atoms with E-state index in [0.29, 0.717) is 19.3 Å². The van der Waals surface area contributed by atoms with E-state index in [1.807, 2.05) is 20.8 Å². The van der Waals surface area contributed by atoms with Crippen molar-refractivity contribution in [3.63, 3.8) is 0 Å². The zero-order chi connectivity index (χ0) is 30.1. The fraction of sp³-hybridized carbons (Fsp3) is 0.645. The summed E-state index contributed by atoms with van der Waals surface area (Å²) in [5, 5.41) is 0. The average Bonchev–Trinajstić information content (AvgIpc) is 3.42. The van der Waals surface area contributed by atoms with Gasteiger partial charge in [-0.2, -0.15) is 0 Å². The number of esters is 4. The van der Waals surface area contributed by atoms with E-state index in [1.54, 1.807) is 18.6 Å². The number of hydrogen-bond donors (Lipinski definition) is 0. The molecule has 0 unspecified atom stereocenters. The number of allylic oxidation sites excluding steroid dienone is 2. The first-order valence-corrected chi connectivity index (χ1v) is 14.1. The number of furan rings is 1. The van der Waals surface area contributed by atoms with E-state index in [-0.39, 0.29) is 24.1 Å². The van der Waals surface area contributed by atoms with Crippen molar-refractivity contribution in [1.29, 1.82) is 0 Å². The van der Waals surface area contributed by atoms with Crippen LogP contribution in [0.5, 0.6) is 0 Å². The van der Waals surface area contributed by atoms with Crippen molar-refractivity contribution in [1.82, 2.24) is 0 Å². The highest BCUT2D eigenvalue weighted by molar-refractivity contribution is 5.95. The summed E-state index contributed by atoms with van der Waals surface area (Å²) in [7, 11) is 1.20. The van der Waals surface area contributed by atoms with E-state index in [0.717, 1.165) is 16.7 Å². The average molecular weight is 571 g/mol. The van der Waals surface area contributed by atoms with Gasteiger partial charge < -0.3 is 23.4 Å². The fourth-order valence-corrected chi connectivity index (χ4v) is 8.76. The molecule has 1 aliphatic heterocycles. The summed E-state index contributed by atoms with van der Waals surface area (Å²) in [6.45, 7) is 10.1. The molecule has 0 N–H and O–H groups in total. The lowest BCUT2D eigenvalue weighted by Crippen LogP contribution is -2.68. The molecule has 1 saturated heterocycles. The predicted octanol–water partition coefficient (Wildman–Crippen LogP) is 4.27. The van der Waals surface area contributed by atoms with Gasteiger partial charge in [0.25, 0.3) is 0 Å². The van der Waals surface area contributed by atoms with Gasteiger partial charge in [-0.15, -0.1) is 0 Å². The molecule has 2 heterocycles. The number of rotatable bonds is 5. The molecule has 0 radical (unpaired) electrons. The molecule has 1 aromatic rings. The zero-order valence-corrected chi connectivity index (χ0v) is 24.6. The summed E-state index contributed by atoms with van der Waals surface area (Å²) < 4.78 is 27.8. The molecule has 41 heavy (non-hydrogen) atoms. The third kappa shape index (κ3) is 4.24. The van der Waals surface area contributed by atoms with Crippen molar-refractivity contribution < 1.29 is 47.3 Å². The number of carbonyl (C=O) groups excluding carboxylic acids is 5. The summed E-state index contributed by atoms with van der Waals surface area (Å²) in [5.41, 5.74) is -0.119. The highest BCUT2D eigenvalue weighted by Gasteiger charge is 2.70. The standard InChI is InChI=1S/C31H38O10/c1-15(32)39-23(28(36)37-7)24-29(3,4)27(40-16(2)33)19-12-18-20(31(24,6)25(19)35)8-10-30(5)21(18)13-22(34)41-26(30)17-9-11-38-14-17/h9,11,14,19,21,23-24,26-27H,8,10,12-13H2,1-7H3/t19-,21-,23+,24-,26-,27+,30+,31-/m0/s1. The fourth-order valence-electron chi connectivity index (χ4n) is 8.76. The molecule has 10 nitrogen and oxygen atoms in total. The smallest absolute Gasteiger partial charge is 0.347 e. The second-order valence-electron chi connectivity index (χ2n) is 13.0. The Kier molecular flexibility index (Phi) is 6.98. The van der Waals surface area contributed by atoms with Gasteiger partial charge >= 0.3 is 23.9 Å². The Hall–Kier alpha value is -3.43. The Bertz CT molecular complexity index is 1320. The maximum atomic E-state index is 14.5. The molecule has 8 atom stereocenters. The molecule has 2 bridgehead atoms. The van der Waals surface area contributed by atoms with Gasteiger partial charge in [0.15, 0.2) is 0 Å². The maximum Gasteiger partial charge on any atom is 0.347 e. The third-order valence-electron chi connectivity index (χ3n) is 10.3. The Balaban J connectivity index is 1.73. The van der Waals surface area contributed by atoms with Crippen LogP contribution in [0.25, 0.3) is 0 Å². The Morgan fingerprint density at radius 1 is 1.05 bits per heavy atom. The van der Waals surface area contributed by atoms with Crippen molar-refractivity contribution >= 4 is 29.7 Å². The molecule has 5 rings (SSSR count). The van der Waals surface area contributed by atoms with E-state index < -0.39 is 64.3 Å². The van der Waals surface area contributed by atoms with Gasteiger partial charge in [-0.3, -0.25) is 19.2 Å².